The topological polar surface area (TPSA) is 141 Å². The fourth-order valence-electron chi connectivity index (χ4n) is 5.16. The molecule has 0 saturated carbocycles. The minimum Gasteiger partial charge on any atom is -0.507 e. The Bertz CT molecular complexity index is 1320. The Labute approximate surface area is 257 Å². The van der Waals surface area contributed by atoms with Crippen LogP contribution in [0.3, 0.4) is 0 Å². The van der Waals surface area contributed by atoms with Gasteiger partial charge in [0.2, 0.25) is 11.7 Å². The molecule has 10 nitrogen and oxygen atoms in total. The minimum atomic E-state index is -0.938. The molecule has 2 aromatic rings. The van der Waals surface area contributed by atoms with Crippen LogP contribution in [0.5, 0.6) is 28.7 Å². The number of ketones is 1. The molecule has 0 fully saturated rings. The molecule has 1 unspecified atom stereocenters. The summed E-state index contributed by atoms with van der Waals surface area (Å²) in [6.45, 7) is 2.04. The molecule has 1 aliphatic rings. The van der Waals surface area contributed by atoms with E-state index < -0.39 is 23.7 Å². The lowest BCUT2D eigenvalue weighted by molar-refractivity contribution is -0.121. The molecule has 2 aromatic carbocycles. The number of carbonyl (C=O) groups is 3. The number of amides is 1. The van der Waals surface area contributed by atoms with Crippen LogP contribution in [0.25, 0.3) is 6.08 Å². The van der Waals surface area contributed by atoms with Crippen LogP contribution in [0.4, 0.5) is 0 Å². The van der Waals surface area contributed by atoms with Gasteiger partial charge in [0.05, 0.1) is 27.4 Å². The van der Waals surface area contributed by atoms with E-state index in [0.717, 1.165) is 0 Å². The average Bonchev–Trinajstić information content (AvgIpc) is 2.97. The molecule has 11 heteroatoms. The summed E-state index contributed by atoms with van der Waals surface area (Å²) in [6.07, 6.45) is 5.83. The van der Waals surface area contributed by atoms with Gasteiger partial charge in [0, 0.05) is 43.0 Å². The lowest BCUT2D eigenvalue weighted by atomic mass is 9.84. The number of allylic oxidation sites excluding steroid dienone is 1. The monoisotopic (exact) mass is 615 g/mol. The smallest absolute Gasteiger partial charge is 0.342 e. The van der Waals surface area contributed by atoms with E-state index in [1.54, 1.807) is 31.2 Å². The summed E-state index contributed by atoms with van der Waals surface area (Å²) >= 11 is 4.15. The highest BCUT2D eigenvalue weighted by atomic mass is 32.1. The van der Waals surface area contributed by atoms with Crippen LogP contribution in [0.15, 0.2) is 24.3 Å². The van der Waals surface area contributed by atoms with Gasteiger partial charge in [0.15, 0.2) is 11.5 Å². The van der Waals surface area contributed by atoms with E-state index in [1.807, 2.05) is 0 Å². The molecule has 3 N–H and O–H groups in total. The van der Waals surface area contributed by atoms with Crippen LogP contribution in [-0.2, 0) is 14.3 Å². The molecule has 1 heterocycles. The van der Waals surface area contributed by atoms with Crippen LogP contribution in [0, 0.1) is 0 Å². The molecule has 43 heavy (non-hydrogen) atoms. The lowest BCUT2D eigenvalue weighted by Crippen LogP contribution is -2.27. The van der Waals surface area contributed by atoms with Crippen molar-refractivity contribution in [3.8, 4) is 28.7 Å². The van der Waals surface area contributed by atoms with Gasteiger partial charge in [-0.1, -0.05) is 12.2 Å². The Kier molecular flexibility index (Phi) is 12.6. The van der Waals surface area contributed by atoms with Crippen molar-refractivity contribution >= 4 is 36.4 Å². The van der Waals surface area contributed by atoms with Gasteiger partial charge < -0.3 is 34.5 Å². The number of carbonyl (C=O) groups excluding carboxylic acids is 3. The number of ether oxygens (including phenoxy) is 4. The minimum absolute atomic E-state index is 0.0289. The summed E-state index contributed by atoms with van der Waals surface area (Å²) < 4.78 is 22.2. The van der Waals surface area contributed by atoms with Crippen molar-refractivity contribution in [1.29, 1.82) is 0 Å². The van der Waals surface area contributed by atoms with Gasteiger partial charge in [-0.15, -0.1) is 0 Å². The maximum Gasteiger partial charge on any atom is 0.342 e. The van der Waals surface area contributed by atoms with E-state index in [-0.39, 0.29) is 40.6 Å². The summed E-state index contributed by atoms with van der Waals surface area (Å²) in [5.74, 6) is -1.37. The normalized spacial score (nSPS) is 17.6. The molecule has 2 atom stereocenters. The first-order chi connectivity index (χ1) is 20.6. The average molecular weight is 616 g/mol. The molecule has 1 aliphatic heterocycles. The van der Waals surface area contributed by atoms with Crippen LogP contribution in [-0.4, -0.2) is 67.6 Å². The fraction of sp³-hybridized carbons (Fsp3) is 0.469. The van der Waals surface area contributed by atoms with Gasteiger partial charge in [-0.25, -0.2) is 4.79 Å². The number of phenolic OH excluding ortho intramolecular Hbond substituents is 2. The highest BCUT2D eigenvalue weighted by Crippen LogP contribution is 2.47. The van der Waals surface area contributed by atoms with Crippen molar-refractivity contribution in [1.82, 2.24) is 5.32 Å². The second-order valence-electron chi connectivity index (χ2n) is 10.4. The summed E-state index contributed by atoms with van der Waals surface area (Å²) in [5.41, 5.74) is 0.558. The number of Topliss-reactive ketones (excluding diaryl/α,β-unsaturated/α-hetero) is 1. The highest BCUT2D eigenvalue weighted by molar-refractivity contribution is 7.80. The van der Waals surface area contributed by atoms with Crippen molar-refractivity contribution in [3.05, 3.63) is 46.5 Å². The molecule has 0 bridgehead atoms. The number of methoxy groups -OCH3 is 3. The maximum atomic E-state index is 13.5. The van der Waals surface area contributed by atoms with Crippen molar-refractivity contribution in [2.75, 3.05) is 33.6 Å². The second-order valence-corrected chi connectivity index (χ2v) is 10.8. The lowest BCUT2D eigenvalue weighted by Gasteiger charge is -2.24. The van der Waals surface area contributed by atoms with Gasteiger partial charge in [-0.2, -0.15) is 12.6 Å². The molecule has 1 amide bonds. The zero-order chi connectivity index (χ0) is 31.5. The van der Waals surface area contributed by atoms with E-state index in [2.05, 4.69) is 17.9 Å². The van der Waals surface area contributed by atoms with E-state index in [9.17, 15) is 24.6 Å². The number of hydrogen-bond donors (Lipinski definition) is 4. The van der Waals surface area contributed by atoms with Crippen molar-refractivity contribution < 1.29 is 43.5 Å². The number of cyclic esters (lactones) is 1. The molecule has 234 valence electrons. The number of hydrogen-bond acceptors (Lipinski definition) is 10. The number of aromatic hydroxyl groups is 2. The summed E-state index contributed by atoms with van der Waals surface area (Å²) in [5, 5.41) is 25.8. The van der Waals surface area contributed by atoms with E-state index in [1.165, 1.54) is 27.4 Å². The third-order valence-electron chi connectivity index (χ3n) is 7.31. The number of fused-ring (bicyclic) bond motifs is 1. The van der Waals surface area contributed by atoms with E-state index >= 15 is 0 Å². The van der Waals surface area contributed by atoms with Crippen molar-refractivity contribution in [2.45, 2.75) is 63.9 Å². The van der Waals surface area contributed by atoms with Gasteiger partial charge in [0.1, 0.15) is 22.8 Å². The van der Waals surface area contributed by atoms with E-state index in [4.69, 9.17) is 18.9 Å². The van der Waals surface area contributed by atoms with Crippen LogP contribution < -0.4 is 19.5 Å². The maximum absolute atomic E-state index is 13.5. The molecule has 0 aromatic heterocycles. The SMILES string of the molecule is COc1cc(C(CC(=O)NCCS)c2c(O)cc3c(c2O)C(=O)O[C@@H](C)CCCC(=O)CCC/C=C/3)cc(OC)c1OC. The fourth-order valence-corrected chi connectivity index (χ4v) is 5.27. The molecule has 0 aliphatic carbocycles. The molecule has 0 spiro atoms. The first-order valence-corrected chi connectivity index (χ1v) is 14.9. The Morgan fingerprint density at radius 2 is 1.74 bits per heavy atom. The Morgan fingerprint density at radius 1 is 1.07 bits per heavy atom. The summed E-state index contributed by atoms with van der Waals surface area (Å²) in [6, 6.07) is 4.63. The quantitative estimate of drug-likeness (QED) is 0.222. The number of phenols is 2. The van der Waals surface area contributed by atoms with Crippen molar-refractivity contribution in [3.63, 3.8) is 0 Å². The zero-order valence-corrected chi connectivity index (χ0v) is 26.0. The van der Waals surface area contributed by atoms with Crippen LogP contribution >= 0.6 is 12.6 Å². The van der Waals surface area contributed by atoms with E-state index in [0.29, 0.717) is 73.6 Å². The predicted molar refractivity (Wildman–Crippen MR) is 166 cm³/mol. The molecular weight excluding hydrogens is 574 g/mol. The van der Waals surface area contributed by atoms with Crippen molar-refractivity contribution in [2.24, 2.45) is 0 Å². The summed E-state index contributed by atoms with van der Waals surface area (Å²) in [7, 11) is 4.37. The highest BCUT2D eigenvalue weighted by Gasteiger charge is 2.32. The standard InChI is InChI=1S/C32H41NO9S/c1-19-9-8-12-22(34)11-7-5-6-10-20-15-24(35)29(30(37)28(20)32(38)42-19)23(18-27(36)33-13-14-43)21-16-25(39-2)31(41-4)26(17-21)40-3/h6,10,15-17,19,23,35,37,43H,5,7-9,11-14,18H2,1-4H3,(H,33,36)/b10-6+/t19-,23?/m0/s1. The first-order valence-electron chi connectivity index (χ1n) is 14.3. The molecule has 0 radical (unpaired) electrons. The zero-order valence-electron chi connectivity index (χ0n) is 25.1. The largest absolute Gasteiger partial charge is 0.507 e. The van der Waals surface area contributed by atoms with Crippen LogP contribution in [0.2, 0.25) is 0 Å². The second kappa shape index (κ2) is 16.1. The first kappa shape index (κ1) is 33.6. The molecular formula is C32H41NO9S. The predicted octanol–water partition coefficient (Wildman–Crippen LogP) is 5.17. The Hall–Kier alpha value is -3.86. The van der Waals surface area contributed by atoms with Gasteiger partial charge in [-0.3, -0.25) is 9.59 Å². The molecule has 0 saturated heterocycles. The number of esters is 1. The summed E-state index contributed by atoms with van der Waals surface area (Å²) in [4.78, 5) is 38.7. The number of nitrogens with one attached hydrogen (secondary N) is 1. The van der Waals surface area contributed by atoms with Gasteiger partial charge >= 0.3 is 5.97 Å². The third-order valence-corrected chi connectivity index (χ3v) is 7.54. The Morgan fingerprint density at radius 3 is 2.37 bits per heavy atom. The molecule has 3 rings (SSSR count). The number of thiol groups is 1. The van der Waals surface area contributed by atoms with Gasteiger partial charge in [-0.05, 0) is 61.9 Å². The number of rotatable bonds is 9. The third kappa shape index (κ3) is 8.59. The van der Waals surface area contributed by atoms with Crippen LogP contribution in [0.1, 0.15) is 84.8 Å². The van der Waals surface area contributed by atoms with Gasteiger partial charge in [0.25, 0.3) is 0 Å². The Balaban J connectivity index is 2.23. The number of benzene rings is 2.